The number of thiophene rings is 1. The van der Waals surface area contributed by atoms with E-state index in [-0.39, 0.29) is 0 Å². The van der Waals surface area contributed by atoms with E-state index in [1.807, 2.05) is 36.4 Å². The average molecular weight is 344 g/mol. The van der Waals surface area contributed by atoms with Gasteiger partial charge in [0.2, 0.25) is 0 Å². The van der Waals surface area contributed by atoms with Crippen LogP contribution >= 0.6 is 11.3 Å². The number of hydrogen-bond acceptors (Lipinski definition) is 3. The fourth-order valence-corrected chi connectivity index (χ4v) is 4.13. The summed E-state index contributed by atoms with van der Waals surface area (Å²) in [7, 11) is 0. The molecule has 0 fully saturated rings. The first kappa shape index (κ1) is 15.4. The van der Waals surface area contributed by atoms with Crippen LogP contribution in [-0.2, 0) is 0 Å². The van der Waals surface area contributed by atoms with Crippen molar-refractivity contribution in [3.05, 3.63) is 77.7 Å². The monoisotopic (exact) mass is 344 g/mol. The van der Waals surface area contributed by atoms with Crippen molar-refractivity contribution in [3.8, 4) is 22.3 Å². The highest BCUT2D eigenvalue weighted by molar-refractivity contribution is 7.22. The van der Waals surface area contributed by atoms with Gasteiger partial charge in [-0.3, -0.25) is 4.79 Å². The molecule has 0 saturated heterocycles. The van der Waals surface area contributed by atoms with Gasteiger partial charge in [-0.15, -0.1) is 11.3 Å². The van der Waals surface area contributed by atoms with Crippen molar-refractivity contribution in [2.45, 2.75) is 0 Å². The molecule has 1 heterocycles. The summed E-state index contributed by atoms with van der Waals surface area (Å²) < 4.78 is 0.987. The van der Waals surface area contributed by atoms with E-state index in [1.165, 1.54) is 22.5 Å². The number of nitrogen functional groups attached to an aromatic ring is 1. The van der Waals surface area contributed by atoms with Gasteiger partial charge in [-0.25, -0.2) is 0 Å². The molecule has 4 rings (SSSR count). The molecule has 3 nitrogen and oxygen atoms in total. The Morgan fingerprint density at radius 2 is 1.40 bits per heavy atom. The van der Waals surface area contributed by atoms with Crippen LogP contribution in [0.1, 0.15) is 9.67 Å². The molecule has 4 N–H and O–H groups in total. The lowest BCUT2D eigenvalue weighted by atomic mass is 9.99. The van der Waals surface area contributed by atoms with Gasteiger partial charge in [-0.05, 0) is 22.3 Å². The Hall–Kier alpha value is -3.11. The number of hydrogen-bond donors (Lipinski definition) is 2. The van der Waals surface area contributed by atoms with Crippen molar-refractivity contribution in [1.82, 2.24) is 0 Å². The summed E-state index contributed by atoms with van der Waals surface area (Å²) in [6.45, 7) is 0. The molecule has 4 aromatic rings. The molecule has 0 saturated carbocycles. The van der Waals surface area contributed by atoms with Crippen LogP contribution in [0.3, 0.4) is 0 Å². The van der Waals surface area contributed by atoms with Gasteiger partial charge >= 0.3 is 0 Å². The molecule has 1 amide bonds. The first-order chi connectivity index (χ1) is 12.1. The minimum atomic E-state index is -0.482. The molecule has 25 heavy (non-hydrogen) atoms. The van der Waals surface area contributed by atoms with Crippen LogP contribution in [0.5, 0.6) is 0 Å². The summed E-state index contributed by atoms with van der Waals surface area (Å²) >= 11 is 1.35. The Kier molecular flexibility index (Phi) is 3.75. The van der Waals surface area contributed by atoms with E-state index < -0.39 is 5.91 Å². The summed E-state index contributed by atoms with van der Waals surface area (Å²) in [6, 6.07) is 24.6. The van der Waals surface area contributed by atoms with Crippen molar-refractivity contribution in [2.75, 3.05) is 5.73 Å². The van der Waals surface area contributed by atoms with E-state index in [9.17, 15) is 4.79 Å². The number of fused-ring (bicyclic) bond motifs is 1. The van der Waals surface area contributed by atoms with Crippen LogP contribution in [0, 0.1) is 0 Å². The molecule has 0 unspecified atom stereocenters. The zero-order chi connectivity index (χ0) is 17.4. The molecule has 3 aromatic carbocycles. The Morgan fingerprint density at radius 1 is 0.760 bits per heavy atom. The molecule has 0 aliphatic heterocycles. The van der Waals surface area contributed by atoms with E-state index in [2.05, 4.69) is 36.4 Å². The Labute approximate surface area is 149 Å². The molecular weight excluding hydrogens is 328 g/mol. The smallest absolute Gasteiger partial charge is 0.260 e. The molecule has 4 heteroatoms. The van der Waals surface area contributed by atoms with Gasteiger partial charge in [0.15, 0.2) is 0 Å². The SMILES string of the molecule is NC(=O)c1sc2c(-c3ccc(-c4ccccc4)cc3)cccc2c1N. The lowest BCUT2D eigenvalue weighted by Gasteiger charge is -2.06. The highest BCUT2D eigenvalue weighted by Crippen LogP contribution is 2.40. The van der Waals surface area contributed by atoms with Crippen molar-refractivity contribution >= 4 is 33.0 Å². The fourth-order valence-electron chi connectivity index (χ4n) is 3.02. The summed E-state index contributed by atoms with van der Waals surface area (Å²) in [5, 5.41) is 0.878. The molecule has 0 atom stereocenters. The first-order valence-corrected chi connectivity index (χ1v) is 8.73. The molecule has 0 spiro atoms. The maximum Gasteiger partial charge on any atom is 0.260 e. The average Bonchev–Trinajstić information content (AvgIpc) is 3.00. The molecule has 1 aromatic heterocycles. The summed E-state index contributed by atoms with van der Waals surface area (Å²) in [5.74, 6) is -0.482. The number of amides is 1. The lowest BCUT2D eigenvalue weighted by molar-refractivity contribution is 0.100. The van der Waals surface area contributed by atoms with E-state index in [0.717, 1.165) is 21.2 Å². The number of carbonyl (C=O) groups is 1. The van der Waals surface area contributed by atoms with E-state index >= 15 is 0 Å². The zero-order valence-corrected chi connectivity index (χ0v) is 14.2. The van der Waals surface area contributed by atoms with Crippen LogP contribution < -0.4 is 11.5 Å². The van der Waals surface area contributed by atoms with Crippen LogP contribution in [0.4, 0.5) is 5.69 Å². The topological polar surface area (TPSA) is 69.1 Å². The van der Waals surface area contributed by atoms with Crippen LogP contribution in [0.2, 0.25) is 0 Å². The minimum absolute atomic E-state index is 0.420. The second-order valence-electron chi connectivity index (χ2n) is 5.83. The quantitative estimate of drug-likeness (QED) is 0.554. The second-order valence-corrected chi connectivity index (χ2v) is 6.86. The van der Waals surface area contributed by atoms with Crippen molar-refractivity contribution in [2.24, 2.45) is 5.73 Å². The Morgan fingerprint density at radius 3 is 2.08 bits per heavy atom. The van der Waals surface area contributed by atoms with Gasteiger partial charge in [-0.2, -0.15) is 0 Å². The molecular formula is C21H16N2OS. The van der Waals surface area contributed by atoms with Crippen LogP contribution in [0.25, 0.3) is 32.3 Å². The Bertz CT molecular complexity index is 1070. The van der Waals surface area contributed by atoms with Crippen molar-refractivity contribution in [1.29, 1.82) is 0 Å². The normalized spacial score (nSPS) is 10.9. The van der Waals surface area contributed by atoms with E-state index in [4.69, 9.17) is 11.5 Å². The highest BCUT2D eigenvalue weighted by atomic mass is 32.1. The maximum absolute atomic E-state index is 11.6. The lowest BCUT2D eigenvalue weighted by Crippen LogP contribution is -2.10. The third-order valence-corrected chi connectivity index (χ3v) is 5.55. The molecule has 0 radical (unpaired) electrons. The highest BCUT2D eigenvalue weighted by Gasteiger charge is 2.16. The predicted octanol–water partition coefficient (Wildman–Crippen LogP) is 4.92. The number of anilines is 1. The van der Waals surface area contributed by atoms with Gasteiger partial charge in [0.25, 0.3) is 5.91 Å². The minimum Gasteiger partial charge on any atom is -0.397 e. The largest absolute Gasteiger partial charge is 0.397 e. The fraction of sp³-hybridized carbons (Fsp3) is 0. The third-order valence-electron chi connectivity index (χ3n) is 4.28. The maximum atomic E-state index is 11.6. The van der Waals surface area contributed by atoms with E-state index in [1.54, 1.807) is 0 Å². The summed E-state index contributed by atoms with van der Waals surface area (Å²) in [4.78, 5) is 12.0. The van der Waals surface area contributed by atoms with Gasteiger partial charge in [0.05, 0.1) is 5.69 Å². The summed E-state index contributed by atoms with van der Waals surface area (Å²) in [6.07, 6.45) is 0. The van der Waals surface area contributed by atoms with E-state index in [0.29, 0.717) is 10.6 Å². The van der Waals surface area contributed by atoms with Gasteiger partial charge < -0.3 is 11.5 Å². The number of primary amides is 1. The van der Waals surface area contributed by atoms with Crippen LogP contribution in [0.15, 0.2) is 72.8 Å². The van der Waals surface area contributed by atoms with Gasteiger partial charge in [0.1, 0.15) is 4.88 Å². The number of carbonyl (C=O) groups excluding carboxylic acids is 1. The van der Waals surface area contributed by atoms with Crippen molar-refractivity contribution < 1.29 is 4.79 Å². The number of rotatable bonds is 3. The summed E-state index contributed by atoms with van der Waals surface area (Å²) in [5.41, 5.74) is 16.5. The Balaban J connectivity index is 1.82. The first-order valence-electron chi connectivity index (χ1n) is 7.92. The number of nitrogens with two attached hydrogens (primary N) is 2. The van der Waals surface area contributed by atoms with Gasteiger partial charge in [0, 0.05) is 10.1 Å². The molecule has 0 aliphatic carbocycles. The van der Waals surface area contributed by atoms with Gasteiger partial charge in [-0.1, -0.05) is 72.8 Å². The molecule has 0 bridgehead atoms. The van der Waals surface area contributed by atoms with Crippen LogP contribution in [-0.4, -0.2) is 5.91 Å². The zero-order valence-electron chi connectivity index (χ0n) is 13.4. The number of benzene rings is 3. The third kappa shape index (κ3) is 2.66. The van der Waals surface area contributed by atoms with Crippen molar-refractivity contribution in [3.63, 3.8) is 0 Å². The predicted molar refractivity (Wildman–Crippen MR) is 106 cm³/mol. The second kappa shape index (κ2) is 6.07. The molecule has 122 valence electrons. The standard InChI is InChI=1S/C21H16N2OS/c22-18-17-8-4-7-16(19(17)25-20(18)21(23)24)15-11-9-14(10-12-15)13-5-2-1-3-6-13/h1-12H,22H2,(H2,23,24). The molecule has 0 aliphatic rings.